The highest BCUT2D eigenvalue weighted by atomic mass is 35.5. The van der Waals surface area contributed by atoms with Crippen molar-refractivity contribution in [3.63, 3.8) is 0 Å². The van der Waals surface area contributed by atoms with E-state index < -0.39 is 0 Å². The summed E-state index contributed by atoms with van der Waals surface area (Å²) >= 11 is 13.3. The summed E-state index contributed by atoms with van der Waals surface area (Å²) < 4.78 is 1.45. The van der Waals surface area contributed by atoms with Gasteiger partial charge in [-0.05, 0) is 17.9 Å². The van der Waals surface area contributed by atoms with E-state index in [9.17, 15) is 4.79 Å². The van der Waals surface area contributed by atoms with Gasteiger partial charge in [0.05, 0.1) is 21.1 Å². The number of carbonyl (C=O) groups is 1. The molecule has 0 saturated carbocycles. The molecule has 3 nitrogen and oxygen atoms in total. The summed E-state index contributed by atoms with van der Waals surface area (Å²) in [4.78, 5) is 12.7. The van der Waals surface area contributed by atoms with Gasteiger partial charge in [-0.25, -0.2) is 0 Å². The number of ketones is 1. The van der Waals surface area contributed by atoms with Gasteiger partial charge in [-0.2, -0.15) is 5.10 Å². The van der Waals surface area contributed by atoms with E-state index in [2.05, 4.69) is 5.10 Å². The van der Waals surface area contributed by atoms with Crippen LogP contribution in [0.15, 0.2) is 11.6 Å². The van der Waals surface area contributed by atoms with E-state index >= 15 is 0 Å². The molecule has 0 saturated heterocycles. The average molecular weight is 275 g/mol. The first kappa shape index (κ1) is 11.6. The minimum absolute atomic E-state index is 0.187. The van der Waals surface area contributed by atoms with Crippen LogP contribution in [0.3, 0.4) is 0 Å². The third kappa shape index (κ3) is 1.77. The molecule has 0 aromatic carbocycles. The minimum atomic E-state index is -0.187. The van der Waals surface area contributed by atoms with Gasteiger partial charge < -0.3 is 0 Å². The molecule has 0 N–H and O–H groups in total. The Morgan fingerprint density at radius 2 is 2.19 bits per heavy atom. The fraction of sp³-hybridized carbons (Fsp3) is 0.200. The van der Waals surface area contributed by atoms with Gasteiger partial charge in [-0.3, -0.25) is 9.48 Å². The summed E-state index contributed by atoms with van der Waals surface area (Å²) in [5, 5.41) is 6.61. The molecule has 0 aliphatic rings. The number of carbonyl (C=O) groups excluding carboxylic acids is 1. The highest BCUT2D eigenvalue weighted by molar-refractivity contribution is 7.13. The zero-order chi connectivity index (χ0) is 11.9. The lowest BCUT2D eigenvalue weighted by Crippen LogP contribution is -2.07. The molecule has 84 valence electrons. The third-order valence-electron chi connectivity index (χ3n) is 2.21. The molecule has 0 fully saturated rings. The van der Waals surface area contributed by atoms with E-state index in [1.165, 1.54) is 22.2 Å². The first-order valence-corrected chi connectivity index (χ1v) is 6.11. The second-order valence-corrected chi connectivity index (χ2v) is 5.02. The van der Waals surface area contributed by atoms with Crippen molar-refractivity contribution >= 4 is 40.3 Å². The number of nitrogens with zero attached hydrogens (tertiary/aromatic N) is 2. The molecule has 0 unspecified atom stereocenters. The molecule has 2 heterocycles. The van der Waals surface area contributed by atoms with Crippen molar-refractivity contribution in [1.29, 1.82) is 0 Å². The predicted molar refractivity (Wildman–Crippen MR) is 65.7 cm³/mol. The Balaban J connectivity index is 2.51. The zero-order valence-electron chi connectivity index (χ0n) is 8.62. The van der Waals surface area contributed by atoms with Crippen molar-refractivity contribution in [1.82, 2.24) is 9.78 Å². The van der Waals surface area contributed by atoms with Crippen molar-refractivity contribution in [2.75, 3.05) is 0 Å². The molecular weight excluding hydrogens is 267 g/mol. The average Bonchev–Trinajstić information content (AvgIpc) is 2.73. The van der Waals surface area contributed by atoms with Gasteiger partial charge in [0, 0.05) is 7.05 Å². The number of rotatable bonds is 2. The quantitative estimate of drug-likeness (QED) is 0.788. The van der Waals surface area contributed by atoms with Gasteiger partial charge in [0.1, 0.15) is 5.69 Å². The van der Waals surface area contributed by atoms with Gasteiger partial charge >= 0.3 is 0 Å². The van der Waals surface area contributed by atoms with Gasteiger partial charge in [0.25, 0.3) is 0 Å². The molecule has 2 rings (SSSR count). The standard InChI is InChI=1S/C10H8Cl2N2OS/c1-5-4-16-10(7(5)12)9(15)8-6(11)3-13-14(8)2/h3-4H,1-2H3. The van der Waals surface area contributed by atoms with Crippen LogP contribution in [0.25, 0.3) is 0 Å². The Morgan fingerprint density at radius 3 is 2.62 bits per heavy atom. The molecule has 0 aliphatic heterocycles. The lowest BCUT2D eigenvalue weighted by Gasteiger charge is -2.00. The molecule has 6 heteroatoms. The van der Waals surface area contributed by atoms with E-state index in [0.29, 0.717) is 20.6 Å². The number of halogens is 2. The van der Waals surface area contributed by atoms with Crippen LogP contribution in [0, 0.1) is 6.92 Å². The molecular formula is C10H8Cl2N2OS. The van der Waals surface area contributed by atoms with Gasteiger partial charge in [-0.1, -0.05) is 23.2 Å². The van der Waals surface area contributed by atoms with Gasteiger partial charge in [0.2, 0.25) is 5.78 Å². The number of hydrogen-bond donors (Lipinski definition) is 0. The molecule has 0 radical (unpaired) electrons. The normalized spacial score (nSPS) is 10.8. The lowest BCUT2D eigenvalue weighted by atomic mass is 10.2. The highest BCUT2D eigenvalue weighted by Gasteiger charge is 2.22. The second kappa shape index (κ2) is 4.20. The van der Waals surface area contributed by atoms with Crippen molar-refractivity contribution < 1.29 is 4.79 Å². The summed E-state index contributed by atoms with van der Waals surface area (Å²) in [7, 11) is 1.67. The van der Waals surface area contributed by atoms with Crippen molar-refractivity contribution in [2.45, 2.75) is 6.92 Å². The zero-order valence-corrected chi connectivity index (χ0v) is 10.9. The van der Waals surface area contributed by atoms with Crippen LogP contribution in [0.5, 0.6) is 0 Å². The van der Waals surface area contributed by atoms with E-state index in [4.69, 9.17) is 23.2 Å². The summed E-state index contributed by atoms with van der Waals surface area (Å²) in [6, 6.07) is 0. The van der Waals surface area contributed by atoms with Crippen LogP contribution < -0.4 is 0 Å². The second-order valence-electron chi connectivity index (χ2n) is 3.36. The van der Waals surface area contributed by atoms with Crippen molar-refractivity contribution in [3.8, 4) is 0 Å². The SMILES string of the molecule is Cc1csc(C(=O)c2c(Cl)cnn2C)c1Cl. The molecule has 2 aromatic heterocycles. The number of aryl methyl sites for hydroxylation is 2. The summed E-state index contributed by atoms with van der Waals surface area (Å²) in [5.74, 6) is -0.187. The molecule has 16 heavy (non-hydrogen) atoms. The summed E-state index contributed by atoms with van der Waals surface area (Å²) in [5.41, 5.74) is 1.26. The molecule has 0 spiro atoms. The van der Waals surface area contributed by atoms with Gasteiger partial charge in [0.15, 0.2) is 0 Å². The van der Waals surface area contributed by atoms with Crippen molar-refractivity contribution in [3.05, 3.63) is 37.8 Å². The van der Waals surface area contributed by atoms with E-state index in [1.807, 2.05) is 12.3 Å². The lowest BCUT2D eigenvalue weighted by molar-refractivity contribution is 0.103. The molecule has 0 atom stereocenters. The third-order valence-corrected chi connectivity index (χ3v) is 4.19. The number of thiophene rings is 1. The topological polar surface area (TPSA) is 34.9 Å². The fourth-order valence-electron chi connectivity index (χ4n) is 1.36. The molecule has 2 aromatic rings. The van der Waals surface area contributed by atoms with E-state index in [1.54, 1.807) is 7.05 Å². The first-order valence-electron chi connectivity index (χ1n) is 4.48. The molecule has 0 aliphatic carbocycles. The predicted octanol–water partition coefficient (Wildman–Crippen LogP) is 3.33. The highest BCUT2D eigenvalue weighted by Crippen LogP contribution is 2.30. The van der Waals surface area contributed by atoms with Crippen molar-refractivity contribution in [2.24, 2.45) is 7.05 Å². The largest absolute Gasteiger partial charge is 0.286 e. The van der Waals surface area contributed by atoms with Crippen LogP contribution in [-0.2, 0) is 7.05 Å². The maximum Gasteiger partial charge on any atom is 0.223 e. The van der Waals surface area contributed by atoms with Crippen LogP contribution in [0.2, 0.25) is 10.0 Å². The molecule has 0 amide bonds. The van der Waals surface area contributed by atoms with Gasteiger partial charge in [-0.15, -0.1) is 11.3 Å². The van der Waals surface area contributed by atoms with Crippen LogP contribution in [-0.4, -0.2) is 15.6 Å². The Labute approximate surface area is 107 Å². The first-order chi connectivity index (χ1) is 7.52. The minimum Gasteiger partial charge on any atom is -0.286 e. The summed E-state index contributed by atoms with van der Waals surface area (Å²) in [6.45, 7) is 1.86. The smallest absolute Gasteiger partial charge is 0.223 e. The van der Waals surface area contributed by atoms with E-state index in [0.717, 1.165) is 5.56 Å². The fourth-order valence-corrected chi connectivity index (χ4v) is 2.83. The van der Waals surface area contributed by atoms with Crippen LogP contribution >= 0.6 is 34.5 Å². The van der Waals surface area contributed by atoms with Crippen LogP contribution in [0.4, 0.5) is 0 Å². The monoisotopic (exact) mass is 274 g/mol. The van der Waals surface area contributed by atoms with E-state index in [-0.39, 0.29) is 5.78 Å². The Bertz CT molecular complexity index is 540. The van der Waals surface area contributed by atoms with Crippen LogP contribution in [0.1, 0.15) is 20.9 Å². The molecule has 0 bridgehead atoms. The summed E-state index contributed by atoms with van der Waals surface area (Å²) in [6.07, 6.45) is 1.45. The number of hydrogen-bond acceptors (Lipinski definition) is 3. The Morgan fingerprint density at radius 1 is 1.50 bits per heavy atom. The number of aromatic nitrogens is 2. The maximum absolute atomic E-state index is 12.2. The Hall–Kier alpha value is -0.840. The Kier molecular flexibility index (Phi) is 3.06. The maximum atomic E-state index is 12.2.